The number of hydrogen-bond acceptors (Lipinski definition) is 3. The number of hydrogen-bond donors (Lipinski definition) is 2. The number of carbonyl (C=O) groups is 1. The van der Waals surface area contributed by atoms with Crippen LogP contribution in [0.25, 0.3) is 10.9 Å². The monoisotopic (exact) mass is 340 g/mol. The van der Waals surface area contributed by atoms with Crippen molar-refractivity contribution < 1.29 is 9.90 Å². The summed E-state index contributed by atoms with van der Waals surface area (Å²) in [6.45, 7) is 0.719. The fourth-order valence-corrected chi connectivity index (χ4v) is 3.27. The standard InChI is InChI=1S/C16H21ClN2O2S/c1-22-11-14(6-9-20)18-16(21)5-8-19-7-4-12-10-13(17)2-3-15(12)19/h2-4,7,10,14,20H,5-6,8-9,11H2,1H3,(H,18,21). The van der Waals surface area contributed by atoms with Gasteiger partial charge in [0.2, 0.25) is 5.91 Å². The molecule has 0 saturated carbocycles. The first kappa shape index (κ1) is 17.2. The van der Waals surface area contributed by atoms with E-state index < -0.39 is 0 Å². The Hall–Kier alpha value is -1.17. The number of amides is 1. The van der Waals surface area contributed by atoms with Crippen molar-refractivity contribution in [3.05, 3.63) is 35.5 Å². The zero-order valence-electron chi connectivity index (χ0n) is 12.6. The van der Waals surface area contributed by atoms with Gasteiger partial charge in [0.15, 0.2) is 0 Å². The van der Waals surface area contributed by atoms with Crippen LogP contribution < -0.4 is 5.32 Å². The van der Waals surface area contributed by atoms with Gasteiger partial charge >= 0.3 is 0 Å². The van der Waals surface area contributed by atoms with Crippen LogP contribution in [-0.2, 0) is 11.3 Å². The number of fused-ring (bicyclic) bond motifs is 1. The van der Waals surface area contributed by atoms with Gasteiger partial charge in [-0.05, 0) is 36.9 Å². The van der Waals surface area contributed by atoms with E-state index >= 15 is 0 Å². The van der Waals surface area contributed by atoms with Crippen molar-refractivity contribution in [1.82, 2.24) is 9.88 Å². The first-order valence-corrected chi connectivity index (χ1v) is 9.04. The Morgan fingerprint density at radius 3 is 3.00 bits per heavy atom. The second-order valence-corrected chi connectivity index (χ2v) is 6.54. The van der Waals surface area contributed by atoms with Gasteiger partial charge in [-0.1, -0.05) is 11.6 Å². The van der Waals surface area contributed by atoms with Crippen molar-refractivity contribution in [2.75, 3.05) is 18.6 Å². The largest absolute Gasteiger partial charge is 0.396 e. The van der Waals surface area contributed by atoms with Crippen LogP contribution in [0.2, 0.25) is 5.02 Å². The third kappa shape index (κ3) is 4.66. The Labute approximate surface area is 139 Å². The molecule has 6 heteroatoms. The maximum Gasteiger partial charge on any atom is 0.222 e. The highest BCUT2D eigenvalue weighted by Gasteiger charge is 2.11. The number of aliphatic hydroxyl groups excluding tert-OH is 1. The van der Waals surface area contributed by atoms with Crippen molar-refractivity contribution >= 4 is 40.2 Å². The van der Waals surface area contributed by atoms with E-state index in [1.165, 1.54) is 0 Å². The normalized spacial score (nSPS) is 12.5. The lowest BCUT2D eigenvalue weighted by atomic mass is 10.2. The van der Waals surface area contributed by atoms with Gasteiger partial charge in [-0.15, -0.1) is 0 Å². The molecule has 1 unspecified atom stereocenters. The maximum atomic E-state index is 12.1. The van der Waals surface area contributed by atoms with E-state index in [0.717, 1.165) is 16.7 Å². The number of nitrogens with zero attached hydrogens (tertiary/aromatic N) is 1. The summed E-state index contributed by atoms with van der Waals surface area (Å²) in [4.78, 5) is 12.1. The minimum absolute atomic E-state index is 0.0170. The summed E-state index contributed by atoms with van der Waals surface area (Å²) in [5, 5.41) is 13.8. The maximum absolute atomic E-state index is 12.1. The van der Waals surface area contributed by atoms with Gasteiger partial charge < -0.3 is 15.0 Å². The molecule has 2 aromatic rings. The Morgan fingerprint density at radius 2 is 2.27 bits per heavy atom. The zero-order chi connectivity index (χ0) is 15.9. The number of aryl methyl sites for hydroxylation is 1. The van der Waals surface area contributed by atoms with E-state index in [4.69, 9.17) is 16.7 Å². The van der Waals surface area contributed by atoms with Crippen molar-refractivity contribution in [1.29, 1.82) is 0 Å². The first-order valence-electron chi connectivity index (χ1n) is 7.27. The van der Waals surface area contributed by atoms with Crippen molar-refractivity contribution in [3.8, 4) is 0 Å². The van der Waals surface area contributed by atoms with Crippen molar-refractivity contribution in [2.45, 2.75) is 25.4 Å². The lowest BCUT2D eigenvalue weighted by molar-refractivity contribution is -0.121. The molecule has 0 aliphatic carbocycles. The summed E-state index contributed by atoms with van der Waals surface area (Å²) in [5.74, 6) is 0.834. The van der Waals surface area contributed by atoms with E-state index in [2.05, 4.69) is 9.88 Å². The van der Waals surface area contributed by atoms with Gasteiger partial charge in [-0.25, -0.2) is 0 Å². The number of carbonyl (C=O) groups excluding carboxylic acids is 1. The topological polar surface area (TPSA) is 54.3 Å². The van der Waals surface area contributed by atoms with E-state index in [9.17, 15) is 4.79 Å². The van der Waals surface area contributed by atoms with E-state index in [1.807, 2.05) is 36.7 Å². The predicted octanol–water partition coefficient (Wildman–Crippen LogP) is 2.92. The average molecular weight is 341 g/mol. The number of nitrogens with one attached hydrogen (secondary N) is 1. The lowest BCUT2D eigenvalue weighted by Gasteiger charge is -2.16. The molecule has 0 aliphatic rings. The second-order valence-electron chi connectivity index (χ2n) is 5.19. The molecule has 1 aromatic carbocycles. The van der Waals surface area contributed by atoms with Gasteiger partial charge in [0.25, 0.3) is 0 Å². The van der Waals surface area contributed by atoms with Crippen LogP contribution in [0.15, 0.2) is 30.5 Å². The summed E-state index contributed by atoms with van der Waals surface area (Å²) in [7, 11) is 0. The molecule has 120 valence electrons. The van der Waals surface area contributed by atoms with Crippen LogP contribution in [-0.4, -0.2) is 40.2 Å². The van der Waals surface area contributed by atoms with Crippen LogP contribution in [0, 0.1) is 0 Å². The van der Waals surface area contributed by atoms with E-state index in [1.54, 1.807) is 11.8 Å². The Bertz CT molecular complexity index is 624. The molecule has 4 nitrogen and oxygen atoms in total. The van der Waals surface area contributed by atoms with Crippen LogP contribution in [0.4, 0.5) is 0 Å². The number of benzene rings is 1. The number of aliphatic hydroxyl groups is 1. The fourth-order valence-electron chi connectivity index (χ4n) is 2.44. The highest BCUT2D eigenvalue weighted by molar-refractivity contribution is 7.98. The molecule has 1 amide bonds. The molecule has 2 N–H and O–H groups in total. The zero-order valence-corrected chi connectivity index (χ0v) is 14.2. The lowest BCUT2D eigenvalue weighted by Crippen LogP contribution is -2.37. The van der Waals surface area contributed by atoms with Gasteiger partial charge in [0.05, 0.1) is 0 Å². The SMILES string of the molecule is CSCC(CCO)NC(=O)CCn1ccc2cc(Cl)ccc21. The summed E-state index contributed by atoms with van der Waals surface area (Å²) >= 11 is 7.64. The number of halogens is 1. The first-order chi connectivity index (χ1) is 10.6. The molecule has 0 fully saturated rings. The smallest absolute Gasteiger partial charge is 0.222 e. The summed E-state index contributed by atoms with van der Waals surface area (Å²) < 4.78 is 2.06. The van der Waals surface area contributed by atoms with Gasteiger partial charge in [0.1, 0.15) is 0 Å². The molecular formula is C16H21ClN2O2S. The fraction of sp³-hybridized carbons (Fsp3) is 0.438. The Balaban J connectivity index is 1.92. The van der Waals surface area contributed by atoms with Gasteiger partial charge in [0, 0.05) is 53.5 Å². The number of thioether (sulfide) groups is 1. The number of aromatic nitrogens is 1. The Morgan fingerprint density at radius 1 is 1.45 bits per heavy atom. The van der Waals surface area contributed by atoms with E-state index in [0.29, 0.717) is 24.4 Å². The van der Waals surface area contributed by atoms with Crippen LogP contribution >= 0.6 is 23.4 Å². The highest BCUT2D eigenvalue weighted by Crippen LogP contribution is 2.20. The number of rotatable bonds is 8. The molecular weight excluding hydrogens is 320 g/mol. The molecule has 1 atom stereocenters. The van der Waals surface area contributed by atoms with Crippen LogP contribution in [0.5, 0.6) is 0 Å². The molecule has 0 saturated heterocycles. The second kappa shape index (κ2) is 8.46. The van der Waals surface area contributed by atoms with Crippen LogP contribution in [0.1, 0.15) is 12.8 Å². The van der Waals surface area contributed by atoms with Crippen LogP contribution in [0.3, 0.4) is 0 Å². The molecule has 0 aliphatic heterocycles. The molecule has 22 heavy (non-hydrogen) atoms. The van der Waals surface area contributed by atoms with E-state index in [-0.39, 0.29) is 18.6 Å². The van der Waals surface area contributed by atoms with Gasteiger partial charge in [-0.2, -0.15) is 11.8 Å². The minimum Gasteiger partial charge on any atom is -0.396 e. The summed E-state index contributed by atoms with van der Waals surface area (Å²) in [6, 6.07) is 7.78. The molecule has 0 radical (unpaired) electrons. The van der Waals surface area contributed by atoms with Crippen molar-refractivity contribution in [2.24, 2.45) is 0 Å². The molecule has 1 heterocycles. The highest BCUT2D eigenvalue weighted by atomic mass is 35.5. The third-order valence-electron chi connectivity index (χ3n) is 3.52. The summed E-state index contributed by atoms with van der Waals surface area (Å²) in [6.07, 6.45) is 4.98. The van der Waals surface area contributed by atoms with Gasteiger partial charge in [-0.3, -0.25) is 4.79 Å². The molecule has 0 spiro atoms. The summed E-state index contributed by atoms with van der Waals surface area (Å²) in [5.41, 5.74) is 1.08. The quantitative estimate of drug-likeness (QED) is 0.777. The molecule has 0 bridgehead atoms. The Kier molecular flexibility index (Phi) is 6.61. The molecule has 2 rings (SSSR count). The minimum atomic E-state index is 0.0170. The van der Waals surface area contributed by atoms with Crippen molar-refractivity contribution in [3.63, 3.8) is 0 Å². The molecule has 1 aromatic heterocycles. The predicted molar refractivity (Wildman–Crippen MR) is 93.6 cm³/mol. The third-order valence-corrected chi connectivity index (χ3v) is 4.49. The average Bonchev–Trinajstić information content (AvgIpc) is 2.88.